The van der Waals surface area contributed by atoms with Crippen LogP contribution in [0.1, 0.15) is 38.1 Å². The molecule has 3 heteroatoms. The molecule has 1 aliphatic rings. The number of aromatic nitrogens is 2. The summed E-state index contributed by atoms with van der Waals surface area (Å²) in [4.78, 5) is 4.12. The molecule has 0 amide bonds. The molecule has 0 bridgehead atoms. The molecule has 2 rings (SSSR count). The van der Waals surface area contributed by atoms with E-state index in [0.29, 0.717) is 6.04 Å². The minimum absolute atomic E-state index is 0.648. The molecule has 1 fully saturated rings. The summed E-state index contributed by atoms with van der Waals surface area (Å²) in [6, 6.07) is 0.648. The fourth-order valence-electron chi connectivity index (χ4n) is 2.60. The number of nitrogens with two attached hydrogens (primary N) is 1. The fraction of sp³-hybridized carbons (Fsp3) is 0.727. The van der Waals surface area contributed by atoms with Gasteiger partial charge in [0.2, 0.25) is 0 Å². The summed E-state index contributed by atoms with van der Waals surface area (Å²) in [5, 5.41) is 0. The Morgan fingerprint density at radius 3 is 2.93 bits per heavy atom. The molecule has 0 spiro atoms. The van der Waals surface area contributed by atoms with E-state index in [1.165, 1.54) is 25.7 Å². The van der Waals surface area contributed by atoms with Crippen LogP contribution in [0.5, 0.6) is 0 Å². The van der Waals surface area contributed by atoms with Gasteiger partial charge in [0.1, 0.15) is 0 Å². The van der Waals surface area contributed by atoms with Crippen molar-refractivity contribution >= 4 is 0 Å². The lowest BCUT2D eigenvalue weighted by Crippen LogP contribution is -2.24. The monoisotopic (exact) mass is 193 g/mol. The highest BCUT2D eigenvalue weighted by Crippen LogP contribution is 2.35. The molecule has 1 saturated carbocycles. The van der Waals surface area contributed by atoms with Gasteiger partial charge in [-0.2, -0.15) is 0 Å². The van der Waals surface area contributed by atoms with E-state index in [0.717, 1.165) is 18.9 Å². The van der Waals surface area contributed by atoms with Gasteiger partial charge in [0.05, 0.1) is 6.33 Å². The zero-order valence-corrected chi connectivity index (χ0v) is 8.60. The Kier molecular flexibility index (Phi) is 3.19. The van der Waals surface area contributed by atoms with Gasteiger partial charge < -0.3 is 10.3 Å². The van der Waals surface area contributed by atoms with E-state index in [4.69, 9.17) is 5.73 Å². The van der Waals surface area contributed by atoms with E-state index in [1.54, 1.807) is 0 Å². The number of nitrogens with zero attached hydrogens (tertiary/aromatic N) is 2. The molecule has 1 aliphatic carbocycles. The number of rotatable bonds is 3. The molecule has 0 aliphatic heterocycles. The van der Waals surface area contributed by atoms with Crippen molar-refractivity contribution in [3.05, 3.63) is 18.7 Å². The average Bonchev–Trinajstić information content (AvgIpc) is 2.72. The van der Waals surface area contributed by atoms with Crippen LogP contribution in [-0.2, 0) is 0 Å². The van der Waals surface area contributed by atoms with Crippen LogP contribution in [0, 0.1) is 5.92 Å². The highest BCUT2D eigenvalue weighted by molar-refractivity contribution is 4.86. The van der Waals surface area contributed by atoms with E-state index < -0.39 is 0 Å². The summed E-state index contributed by atoms with van der Waals surface area (Å²) in [6.45, 7) is 0.815. The first-order valence-corrected chi connectivity index (χ1v) is 5.59. The van der Waals surface area contributed by atoms with Gasteiger partial charge >= 0.3 is 0 Å². The average molecular weight is 193 g/mol. The maximum atomic E-state index is 5.65. The summed E-state index contributed by atoms with van der Waals surface area (Å²) >= 11 is 0. The van der Waals surface area contributed by atoms with Crippen LogP contribution in [0.2, 0.25) is 0 Å². The van der Waals surface area contributed by atoms with Crippen molar-refractivity contribution in [2.24, 2.45) is 11.7 Å². The lowest BCUT2D eigenvalue weighted by atomic mass is 9.82. The van der Waals surface area contributed by atoms with Crippen molar-refractivity contribution in [1.29, 1.82) is 0 Å². The van der Waals surface area contributed by atoms with Gasteiger partial charge in [0.25, 0.3) is 0 Å². The molecular weight excluding hydrogens is 174 g/mol. The summed E-state index contributed by atoms with van der Waals surface area (Å²) in [7, 11) is 0. The molecular formula is C11H19N3. The van der Waals surface area contributed by atoms with Crippen molar-refractivity contribution in [1.82, 2.24) is 9.55 Å². The molecule has 2 atom stereocenters. The minimum atomic E-state index is 0.648. The SMILES string of the molecule is NCCC1CCCCC1n1ccnc1. The van der Waals surface area contributed by atoms with Crippen LogP contribution < -0.4 is 5.73 Å². The highest BCUT2D eigenvalue weighted by Gasteiger charge is 2.25. The quantitative estimate of drug-likeness (QED) is 0.797. The first-order chi connectivity index (χ1) is 6.92. The summed E-state index contributed by atoms with van der Waals surface area (Å²) in [5.74, 6) is 0.767. The molecule has 0 radical (unpaired) electrons. The standard InChI is InChI=1S/C11H19N3/c12-6-5-10-3-1-2-4-11(10)14-8-7-13-9-14/h7-11H,1-6,12H2. The van der Waals surface area contributed by atoms with Crippen molar-refractivity contribution in [3.63, 3.8) is 0 Å². The Bertz CT molecular complexity index is 254. The Labute approximate surface area is 85.3 Å². The summed E-state index contributed by atoms with van der Waals surface area (Å²) in [6.07, 6.45) is 12.4. The van der Waals surface area contributed by atoms with E-state index >= 15 is 0 Å². The van der Waals surface area contributed by atoms with Gasteiger partial charge in [-0.25, -0.2) is 4.98 Å². The molecule has 0 saturated heterocycles. The normalized spacial score (nSPS) is 27.8. The van der Waals surface area contributed by atoms with Gasteiger partial charge in [0.15, 0.2) is 0 Å². The van der Waals surface area contributed by atoms with Crippen molar-refractivity contribution in [2.75, 3.05) is 6.54 Å². The van der Waals surface area contributed by atoms with E-state index in [1.807, 2.05) is 12.5 Å². The van der Waals surface area contributed by atoms with Gasteiger partial charge in [-0.3, -0.25) is 0 Å². The van der Waals surface area contributed by atoms with E-state index in [9.17, 15) is 0 Å². The third kappa shape index (κ3) is 1.98. The van der Waals surface area contributed by atoms with Crippen LogP contribution in [0.25, 0.3) is 0 Å². The molecule has 3 nitrogen and oxygen atoms in total. The van der Waals surface area contributed by atoms with E-state index in [-0.39, 0.29) is 0 Å². The maximum absolute atomic E-state index is 5.65. The Balaban J connectivity index is 2.06. The van der Waals surface area contributed by atoms with Crippen LogP contribution >= 0.6 is 0 Å². The van der Waals surface area contributed by atoms with Crippen molar-refractivity contribution in [2.45, 2.75) is 38.1 Å². The van der Waals surface area contributed by atoms with E-state index in [2.05, 4.69) is 15.7 Å². The number of imidazole rings is 1. The number of hydrogen-bond donors (Lipinski definition) is 1. The van der Waals surface area contributed by atoms with Crippen LogP contribution in [-0.4, -0.2) is 16.1 Å². The first-order valence-electron chi connectivity index (χ1n) is 5.59. The van der Waals surface area contributed by atoms with Gasteiger partial charge in [0, 0.05) is 18.4 Å². The minimum Gasteiger partial charge on any atom is -0.334 e. The Hall–Kier alpha value is -0.830. The van der Waals surface area contributed by atoms with Gasteiger partial charge in [-0.05, 0) is 31.7 Å². The zero-order valence-electron chi connectivity index (χ0n) is 8.60. The second kappa shape index (κ2) is 4.60. The second-order valence-electron chi connectivity index (χ2n) is 4.20. The summed E-state index contributed by atoms with van der Waals surface area (Å²) in [5.41, 5.74) is 5.65. The third-order valence-corrected chi connectivity index (χ3v) is 3.31. The topological polar surface area (TPSA) is 43.8 Å². The fourth-order valence-corrected chi connectivity index (χ4v) is 2.60. The molecule has 1 heterocycles. The molecule has 1 aromatic rings. The van der Waals surface area contributed by atoms with Gasteiger partial charge in [-0.15, -0.1) is 0 Å². The van der Waals surface area contributed by atoms with Gasteiger partial charge in [-0.1, -0.05) is 12.8 Å². The molecule has 2 unspecified atom stereocenters. The van der Waals surface area contributed by atoms with Crippen LogP contribution in [0.3, 0.4) is 0 Å². The van der Waals surface area contributed by atoms with Crippen molar-refractivity contribution in [3.8, 4) is 0 Å². The molecule has 0 aromatic carbocycles. The Morgan fingerprint density at radius 2 is 2.21 bits per heavy atom. The predicted octanol–water partition coefficient (Wildman–Crippen LogP) is 1.96. The van der Waals surface area contributed by atoms with Crippen LogP contribution in [0.4, 0.5) is 0 Å². The zero-order chi connectivity index (χ0) is 9.80. The molecule has 2 N–H and O–H groups in total. The lowest BCUT2D eigenvalue weighted by Gasteiger charge is -2.32. The smallest absolute Gasteiger partial charge is 0.0948 e. The third-order valence-electron chi connectivity index (χ3n) is 3.31. The Morgan fingerprint density at radius 1 is 1.36 bits per heavy atom. The second-order valence-corrected chi connectivity index (χ2v) is 4.20. The number of hydrogen-bond acceptors (Lipinski definition) is 2. The lowest BCUT2D eigenvalue weighted by molar-refractivity contribution is 0.228. The van der Waals surface area contributed by atoms with Crippen LogP contribution in [0.15, 0.2) is 18.7 Å². The predicted molar refractivity (Wildman–Crippen MR) is 56.9 cm³/mol. The summed E-state index contributed by atoms with van der Waals surface area (Å²) < 4.78 is 2.26. The largest absolute Gasteiger partial charge is 0.334 e. The molecule has 1 aromatic heterocycles. The molecule has 78 valence electrons. The first kappa shape index (κ1) is 9.71. The van der Waals surface area contributed by atoms with Crippen molar-refractivity contribution < 1.29 is 0 Å². The molecule has 14 heavy (non-hydrogen) atoms. The maximum Gasteiger partial charge on any atom is 0.0948 e. The highest BCUT2D eigenvalue weighted by atomic mass is 15.1.